The van der Waals surface area contributed by atoms with E-state index in [2.05, 4.69) is 28.6 Å². The molecule has 7 heteroatoms. The van der Waals surface area contributed by atoms with Crippen LogP contribution in [0.15, 0.2) is 29.3 Å². The summed E-state index contributed by atoms with van der Waals surface area (Å²) < 4.78 is 5.54. The van der Waals surface area contributed by atoms with Crippen molar-refractivity contribution in [3.05, 3.63) is 29.8 Å². The first-order chi connectivity index (χ1) is 13.2. The molecule has 158 valence electrons. The topological polar surface area (TPSA) is 66.0 Å². The van der Waals surface area contributed by atoms with E-state index in [-0.39, 0.29) is 24.0 Å². The van der Waals surface area contributed by atoms with E-state index in [0.717, 1.165) is 62.7 Å². The second-order valence-corrected chi connectivity index (χ2v) is 6.75. The fourth-order valence-corrected chi connectivity index (χ4v) is 3.16. The van der Waals surface area contributed by atoms with Gasteiger partial charge >= 0.3 is 0 Å². The molecule has 1 aromatic rings. The predicted molar refractivity (Wildman–Crippen MR) is 126 cm³/mol. The molecule has 2 N–H and O–H groups in total. The van der Waals surface area contributed by atoms with E-state index in [1.807, 2.05) is 30.0 Å². The van der Waals surface area contributed by atoms with Crippen molar-refractivity contribution in [3.63, 3.8) is 0 Å². The first-order valence-corrected chi connectivity index (χ1v) is 10.2. The van der Waals surface area contributed by atoms with Crippen molar-refractivity contribution in [3.8, 4) is 5.75 Å². The molecule has 1 aromatic carbocycles. The number of hydrogen-bond acceptors (Lipinski definition) is 3. The molecular weight excluding hydrogens is 467 g/mol. The van der Waals surface area contributed by atoms with E-state index in [1.54, 1.807) is 0 Å². The first kappa shape index (κ1) is 24.5. The molecule has 0 saturated carbocycles. The van der Waals surface area contributed by atoms with Crippen LogP contribution in [-0.2, 0) is 11.3 Å². The average Bonchev–Trinajstić information content (AvgIpc) is 2.88. The molecule has 1 heterocycles. The summed E-state index contributed by atoms with van der Waals surface area (Å²) in [6.45, 7) is 8.64. The Labute approximate surface area is 186 Å². The molecule has 0 spiro atoms. The SMILES string of the molecule is CCNC(=NCc1cccc(OCC)c1)NCCCN1CCCCCC1=O.I. The highest BCUT2D eigenvalue weighted by atomic mass is 127. The molecule has 1 aliphatic rings. The minimum atomic E-state index is 0. The molecule has 2 rings (SSSR count). The number of ether oxygens (including phenoxy) is 1. The van der Waals surface area contributed by atoms with Crippen molar-refractivity contribution in [1.29, 1.82) is 0 Å². The number of carbonyl (C=O) groups excluding carboxylic acids is 1. The smallest absolute Gasteiger partial charge is 0.222 e. The fourth-order valence-electron chi connectivity index (χ4n) is 3.16. The van der Waals surface area contributed by atoms with Gasteiger partial charge in [0.1, 0.15) is 5.75 Å². The molecule has 1 saturated heterocycles. The molecule has 1 amide bonds. The van der Waals surface area contributed by atoms with Crippen molar-refractivity contribution >= 4 is 35.8 Å². The number of benzene rings is 1. The number of halogens is 1. The first-order valence-electron chi connectivity index (χ1n) is 10.2. The van der Waals surface area contributed by atoms with Crippen LogP contribution in [0.25, 0.3) is 0 Å². The van der Waals surface area contributed by atoms with E-state index in [0.29, 0.717) is 25.5 Å². The van der Waals surface area contributed by atoms with Crippen LogP contribution >= 0.6 is 24.0 Å². The standard InChI is InChI=1S/C21H34N4O2.HI/c1-3-22-21(24-17-18-10-8-11-19(16-18)27-4-2)23-13-9-15-25-14-7-5-6-12-20(25)26;/h8,10-11,16H,3-7,9,12-15,17H2,1-2H3,(H2,22,23,24);1H. The predicted octanol–water partition coefficient (Wildman–Crippen LogP) is 3.55. The number of aliphatic imine (C=N–C) groups is 1. The van der Waals surface area contributed by atoms with Gasteiger partial charge in [-0.05, 0) is 50.8 Å². The van der Waals surface area contributed by atoms with Crippen LogP contribution < -0.4 is 15.4 Å². The zero-order valence-corrected chi connectivity index (χ0v) is 19.5. The third kappa shape index (κ3) is 9.12. The second kappa shape index (κ2) is 14.5. The number of guanidine groups is 1. The van der Waals surface area contributed by atoms with Crippen LogP contribution in [0, 0.1) is 0 Å². The average molecular weight is 502 g/mol. The van der Waals surface area contributed by atoms with Crippen LogP contribution in [-0.4, -0.2) is 49.6 Å². The lowest BCUT2D eigenvalue weighted by molar-refractivity contribution is -0.130. The van der Waals surface area contributed by atoms with Gasteiger partial charge in [0.25, 0.3) is 0 Å². The maximum Gasteiger partial charge on any atom is 0.222 e. The highest BCUT2D eigenvalue weighted by Crippen LogP contribution is 2.14. The van der Waals surface area contributed by atoms with Gasteiger partial charge in [-0.3, -0.25) is 4.79 Å². The van der Waals surface area contributed by atoms with Crippen molar-refractivity contribution in [2.45, 2.75) is 52.5 Å². The maximum absolute atomic E-state index is 12.0. The van der Waals surface area contributed by atoms with Crippen LogP contribution in [0.3, 0.4) is 0 Å². The Hall–Kier alpha value is -1.51. The highest BCUT2D eigenvalue weighted by molar-refractivity contribution is 14.0. The van der Waals surface area contributed by atoms with Gasteiger partial charge in [-0.2, -0.15) is 0 Å². The summed E-state index contributed by atoms with van der Waals surface area (Å²) in [5.74, 6) is 1.99. The summed E-state index contributed by atoms with van der Waals surface area (Å²) in [5.41, 5.74) is 1.12. The van der Waals surface area contributed by atoms with Gasteiger partial charge < -0.3 is 20.3 Å². The van der Waals surface area contributed by atoms with Gasteiger partial charge in [0.05, 0.1) is 13.2 Å². The molecule has 0 aromatic heterocycles. The number of likely N-dealkylation sites (tertiary alicyclic amines) is 1. The molecule has 0 radical (unpaired) electrons. The van der Waals surface area contributed by atoms with Crippen LogP contribution in [0.5, 0.6) is 5.75 Å². The Morgan fingerprint density at radius 1 is 1.21 bits per heavy atom. The largest absolute Gasteiger partial charge is 0.494 e. The Kier molecular flexibility index (Phi) is 12.7. The molecule has 0 aliphatic carbocycles. The fraction of sp³-hybridized carbons (Fsp3) is 0.619. The van der Waals surface area contributed by atoms with E-state index in [4.69, 9.17) is 4.74 Å². The molecule has 0 bridgehead atoms. The lowest BCUT2D eigenvalue weighted by Crippen LogP contribution is -2.39. The molecular formula is C21H35IN4O2. The quantitative estimate of drug-likeness (QED) is 0.235. The van der Waals surface area contributed by atoms with Crippen molar-refractivity contribution in [2.24, 2.45) is 4.99 Å². The van der Waals surface area contributed by atoms with Gasteiger partial charge in [-0.15, -0.1) is 24.0 Å². The molecule has 28 heavy (non-hydrogen) atoms. The van der Waals surface area contributed by atoms with Gasteiger partial charge in [-0.25, -0.2) is 4.99 Å². The van der Waals surface area contributed by atoms with Crippen molar-refractivity contribution in [1.82, 2.24) is 15.5 Å². The van der Waals surface area contributed by atoms with Gasteiger partial charge in [0, 0.05) is 32.6 Å². The molecule has 1 fully saturated rings. The summed E-state index contributed by atoms with van der Waals surface area (Å²) in [4.78, 5) is 18.7. The van der Waals surface area contributed by atoms with E-state index in [1.165, 1.54) is 6.42 Å². The Balaban J connectivity index is 0.00000392. The summed E-state index contributed by atoms with van der Waals surface area (Å²) in [5, 5.41) is 6.65. The molecule has 0 unspecified atom stereocenters. The van der Waals surface area contributed by atoms with Gasteiger partial charge in [0.15, 0.2) is 5.96 Å². The minimum Gasteiger partial charge on any atom is -0.494 e. The minimum absolute atomic E-state index is 0. The summed E-state index contributed by atoms with van der Waals surface area (Å²) in [7, 11) is 0. The third-order valence-corrected chi connectivity index (χ3v) is 4.54. The van der Waals surface area contributed by atoms with Gasteiger partial charge in [-0.1, -0.05) is 18.6 Å². The number of nitrogens with one attached hydrogen (secondary N) is 2. The number of nitrogens with zero attached hydrogens (tertiary/aromatic N) is 2. The number of hydrogen-bond donors (Lipinski definition) is 2. The molecule has 1 aliphatic heterocycles. The molecule has 6 nitrogen and oxygen atoms in total. The van der Waals surface area contributed by atoms with Crippen LogP contribution in [0.4, 0.5) is 0 Å². The normalized spacial score (nSPS) is 14.9. The number of rotatable bonds is 9. The Morgan fingerprint density at radius 2 is 2.07 bits per heavy atom. The second-order valence-electron chi connectivity index (χ2n) is 6.75. The number of carbonyl (C=O) groups is 1. The summed E-state index contributed by atoms with van der Waals surface area (Å²) >= 11 is 0. The van der Waals surface area contributed by atoms with Crippen LogP contribution in [0.1, 0.15) is 51.5 Å². The van der Waals surface area contributed by atoms with Crippen LogP contribution in [0.2, 0.25) is 0 Å². The van der Waals surface area contributed by atoms with Crippen molar-refractivity contribution < 1.29 is 9.53 Å². The Bertz CT molecular complexity index is 610. The summed E-state index contributed by atoms with van der Waals surface area (Å²) in [6, 6.07) is 8.04. The third-order valence-electron chi connectivity index (χ3n) is 4.54. The Morgan fingerprint density at radius 3 is 2.86 bits per heavy atom. The summed E-state index contributed by atoms with van der Waals surface area (Å²) in [6.07, 6.45) is 4.97. The number of amides is 1. The lowest BCUT2D eigenvalue weighted by atomic mass is 10.2. The van der Waals surface area contributed by atoms with E-state index in [9.17, 15) is 4.79 Å². The van der Waals surface area contributed by atoms with E-state index < -0.39 is 0 Å². The van der Waals surface area contributed by atoms with E-state index >= 15 is 0 Å². The zero-order chi connectivity index (χ0) is 19.3. The lowest BCUT2D eigenvalue weighted by Gasteiger charge is -2.20. The zero-order valence-electron chi connectivity index (χ0n) is 17.2. The molecule has 0 atom stereocenters. The highest BCUT2D eigenvalue weighted by Gasteiger charge is 2.15. The van der Waals surface area contributed by atoms with Gasteiger partial charge in [0.2, 0.25) is 5.91 Å². The monoisotopic (exact) mass is 502 g/mol. The van der Waals surface area contributed by atoms with Crippen molar-refractivity contribution in [2.75, 3.05) is 32.8 Å². The maximum atomic E-state index is 12.0.